The zero-order chi connectivity index (χ0) is 18.8. The molecule has 1 aliphatic heterocycles. The second kappa shape index (κ2) is 7.78. The van der Waals surface area contributed by atoms with E-state index >= 15 is 0 Å². The van der Waals surface area contributed by atoms with E-state index < -0.39 is 0 Å². The molecule has 0 saturated carbocycles. The first kappa shape index (κ1) is 18.1. The first-order chi connectivity index (χ1) is 13.1. The van der Waals surface area contributed by atoms with Gasteiger partial charge in [0.25, 0.3) is 5.91 Å². The lowest BCUT2D eigenvalue weighted by molar-refractivity contribution is 0.0945. The van der Waals surface area contributed by atoms with Gasteiger partial charge in [0.15, 0.2) is 11.5 Å². The molecule has 1 N–H and O–H groups in total. The molecule has 140 valence electrons. The number of rotatable bonds is 4. The largest absolute Gasteiger partial charge is 0.353 e. The quantitative estimate of drug-likeness (QED) is 0.727. The van der Waals surface area contributed by atoms with Crippen molar-refractivity contribution < 1.29 is 4.79 Å². The van der Waals surface area contributed by atoms with Crippen LogP contribution in [0.3, 0.4) is 0 Å². The second-order valence-electron chi connectivity index (χ2n) is 6.48. The first-order valence-electron chi connectivity index (χ1n) is 8.82. The van der Waals surface area contributed by atoms with E-state index in [-0.39, 0.29) is 5.91 Å². The number of carbonyl (C=O) groups excluding carboxylic acids is 1. The molecule has 3 heterocycles. The number of amides is 1. The van der Waals surface area contributed by atoms with Crippen molar-refractivity contribution in [3.8, 4) is 0 Å². The highest BCUT2D eigenvalue weighted by Crippen LogP contribution is 2.24. The summed E-state index contributed by atoms with van der Waals surface area (Å²) in [5, 5.41) is 8.02. The Morgan fingerprint density at radius 1 is 1.30 bits per heavy atom. The van der Waals surface area contributed by atoms with Gasteiger partial charge in [-0.05, 0) is 24.6 Å². The van der Waals surface area contributed by atoms with Crippen LogP contribution in [0, 0.1) is 6.92 Å². The van der Waals surface area contributed by atoms with Crippen LogP contribution in [0.25, 0.3) is 5.52 Å². The molecular formula is C19H20ClN5OS. The van der Waals surface area contributed by atoms with Gasteiger partial charge in [-0.25, -0.2) is 9.50 Å². The van der Waals surface area contributed by atoms with Crippen LogP contribution in [-0.2, 0) is 6.54 Å². The lowest BCUT2D eigenvalue weighted by atomic mass is 10.2. The van der Waals surface area contributed by atoms with E-state index in [0.717, 1.165) is 47.2 Å². The number of nitrogens with zero attached hydrogens (tertiary/aromatic N) is 4. The fraction of sp³-hybridized carbons (Fsp3) is 0.316. The Hall–Kier alpha value is -2.25. The molecule has 1 aliphatic rings. The minimum Gasteiger partial charge on any atom is -0.353 e. The number of halogens is 1. The number of anilines is 1. The predicted molar refractivity (Wildman–Crippen MR) is 110 cm³/mol. The van der Waals surface area contributed by atoms with Gasteiger partial charge < -0.3 is 10.2 Å². The van der Waals surface area contributed by atoms with Crippen LogP contribution in [0.1, 0.15) is 21.7 Å². The molecule has 2 aromatic heterocycles. The summed E-state index contributed by atoms with van der Waals surface area (Å²) in [5.74, 6) is 2.86. The summed E-state index contributed by atoms with van der Waals surface area (Å²) in [5.41, 5.74) is 3.07. The van der Waals surface area contributed by atoms with Crippen LogP contribution >= 0.6 is 23.4 Å². The Balaban J connectivity index is 1.58. The summed E-state index contributed by atoms with van der Waals surface area (Å²) in [6.45, 7) is 4.26. The molecule has 0 bridgehead atoms. The molecule has 8 heteroatoms. The maximum Gasteiger partial charge on any atom is 0.272 e. The number of aryl methyl sites for hydroxylation is 1. The molecule has 0 radical (unpaired) electrons. The van der Waals surface area contributed by atoms with Crippen LogP contribution < -0.4 is 10.2 Å². The van der Waals surface area contributed by atoms with E-state index in [4.69, 9.17) is 16.6 Å². The molecule has 0 spiro atoms. The van der Waals surface area contributed by atoms with Gasteiger partial charge in [0.2, 0.25) is 0 Å². The summed E-state index contributed by atoms with van der Waals surface area (Å²) in [6, 6.07) is 9.26. The van der Waals surface area contributed by atoms with Gasteiger partial charge in [-0.1, -0.05) is 23.7 Å². The number of nitrogens with one attached hydrogen (secondary N) is 1. The third-order valence-electron chi connectivity index (χ3n) is 4.44. The van der Waals surface area contributed by atoms with Crippen molar-refractivity contribution in [2.45, 2.75) is 13.5 Å². The third-order valence-corrected chi connectivity index (χ3v) is 5.62. The van der Waals surface area contributed by atoms with Crippen LogP contribution in [0.15, 0.2) is 36.5 Å². The monoisotopic (exact) mass is 401 g/mol. The molecule has 3 aromatic rings. The fourth-order valence-electron chi connectivity index (χ4n) is 3.13. The number of hydrogen-bond acceptors (Lipinski definition) is 5. The van der Waals surface area contributed by atoms with Gasteiger partial charge in [0.1, 0.15) is 5.52 Å². The number of benzene rings is 1. The summed E-state index contributed by atoms with van der Waals surface area (Å²) in [7, 11) is 0. The summed E-state index contributed by atoms with van der Waals surface area (Å²) >= 11 is 7.95. The minimum absolute atomic E-state index is 0.212. The number of thioether (sulfide) groups is 1. The summed E-state index contributed by atoms with van der Waals surface area (Å²) < 4.78 is 1.76. The van der Waals surface area contributed by atoms with E-state index in [1.54, 1.807) is 4.52 Å². The molecule has 0 atom stereocenters. The zero-order valence-electron chi connectivity index (χ0n) is 15.0. The molecule has 1 fully saturated rings. The molecule has 6 nitrogen and oxygen atoms in total. The number of hydrogen-bond donors (Lipinski definition) is 1. The molecule has 1 saturated heterocycles. The van der Waals surface area contributed by atoms with Crippen molar-refractivity contribution in [3.63, 3.8) is 0 Å². The maximum atomic E-state index is 12.6. The minimum atomic E-state index is -0.212. The Labute approximate surface area is 166 Å². The highest BCUT2D eigenvalue weighted by molar-refractivity contribution is 7.99. The Kier molecular flexibility index (Phi) is 5.22. The van der Waals surface area contributed by atoms with Crippen molar-refractivity contribution in [2.24, 2.45) is 0 Å². The van der Waals surface area contributed by atoms with Gasteiger partial charge in [-0.15, -0.1) is 0 Å². The van der Waals surface area contributed by atoms with E-state index in [9.17, 15) is 4.79 Å². The second-order valence-corrected chi connectivity index (χ2v) is 8.14. The van der Waals surface area contributed by atoms with Crippen LogP contribution in [0.4, 0.5) is 5.82 Å². The van der Waals surface area contributed by atoms with Crippen LogP contribution in [0.5, 0.6) is 0 Å². The van der Waals surface area contributed by atoms with Gasteiger partial charge in [0.05, 0.1) is 11.9 Å². The van der Waals surface area contributed by atoms with Crippen molar-refractivity contribution in [1.29, 1.82) is 0 Å². The smallest absolute Gasteiger partial charge is 0.272 e. The predicted octanol–water partition coefficient (Wildman–Crippen LogP) is 3.17. The number of aromatic nitrogens is 3. The first-order valence-corrected chi connectivity index (χ1v) is 10.4. The van der Waals surface area contributed by atoms with Crippen molar-refractivity contribution in [1.82, 2.24) is 19.9 Å². The third kappa shape index (κ3) is 4.04. The highest BCUT2D eigenvalue weighted by atomic mass is 35.5. The van der Waals surface area contributed by atoms with E-state index in [0.29, 0.717) is 17.3 Å². The number of fused-ring (bicyclic) bond motifs is 1. The van der Waals surface area contributed by atoms with E-state index in [1.807, 2.05) is 55.2 Å². The Bertz CT molecular complexity index is 983. The highest BCUT2D eigenvalue weighted by Gasteiger charge is 2.19. The van der Waals surface area contributed by atoms with E-state index in [2.05, 4.69) is 15.3 Å². The van der Waals surface area contributed by atoms with Crippen LogP contribution in [-0.4, -0.2) is 45.1 Å². The van der Waals surface area contributed by atoms with Crippen molar-refractivity contribution in [2.75, 3.05) is 29.5 Å². The average molecular weight is 402 g/mol. The molecule has 1 aromatic carbocycles. The van der Waals surface area contributed by atoms with Gasteiger partial charge in [-0.2, -0.15) is 16.9 Å². The van der Waals surface area contributed by atoms with Crippen LogP contribution in [0.2, 0.25) is 5.02 Å². The zero-order valence-corrected chi connectivity index (χ0v) is 16.6. The molecule has 4 rings (SSSR count). The van der Waals surface area contributed by atoms with Gasteiger partial charge in [-0.3, -0.25) is 4.79 Å². The SMILES string of the molecule is Cc1cn2nc(C(=O)NCc3cccc(Cl)c3)cc2c(N2CCSCC2)n1. The normalized spacial score (nSPS) is 14.5. The lowest BCUT2D eigenvalue weighted by Crippen LogP contribution is -2.33. The molecule has 0 unspecified atom stereocenters. The molecule has 1 amide bonds. The van der Waals surface area contributed by atoms with E-state index in [1.165, 1.54) is 0 Å². The van der Waals surface area contributed by atoms with Gasteiger partial charge >= 0.3 is 0 Å². The standard InChI is InChI=1S/C19H20ClN5OS/c1-13-12-25-17(18(22-13)24-5-7-27-8-6-24)10-16(23-25)19(26)21-11-14-3-2-4-15(20)9-14/h2-4,9-10,12H,5-8,11H2,1H3,(H,21,26). The van der Waals surface area contributed by atoms with Gasteiger partial charge in [0, 0.05) is 42.2 Å². The topological polar surface area (TPSA) is 62.5 Å². The Morgan fingerprint density at radius 3 is 2.89 bits per heavy atom. The van der Waals surface area contributed by atoms with Crippen molar-refractivity contribution >= 4 is 40.6 Å². The molecule has 0 aliphatic carbocycles. The lowest BCUT2D eigenvalue weighted by Gasteiger charge is -2.28. The average Bonchev–Trinajstić information content (AvgIpc) is 3.10. The Morgan fingerprint density at radius 2 is 2.11 bits per heavy atom. The summed E-state index contributed by atoms with van der Waals surface area (Å²) in [6.07, 6.45) is 1.85. The molecule has 27 heavy (non-hydrogen) atoms. The molecular weight excluding hydrogens is 382 g/mol. The fourth-order valence-corrected chi connectivity index (χ4v) is 4.24. The maximum absolute atomic E-state index is 12.6. The summed E-state index contributed by atoms with van der Waals surface area (Å²) in [4.78, 5) is 19.6. The van der Waals surface area contributed by atoms with Crippen molar-refractivity contribution in [3.05, 3.63) is 58.5 Å². The number of carbonyl (C=O) groups is 1.